The third-order valence-electron chi connectivity index (χ3n) is 3.08. The third kappa shape index (κ3) is 2.53. The van der Waals surface area contributed by atoms with Gasteiger partial charge in [-0.15, -0.1) is 0 Å². The Kier molecular flexibility index (Phi) is 3.65. The zero-order chi connectivity index (χ0) is 13.1. The largest absolute Gasteiger partial charge is 0.348 e. The maximum Gasteiger partial charge on any atom is 0.161 e. The number of hydrogen-bond acceptors (Lipinski definition) is 2. The standard InChI is InChI=1S/C14H19N3O/c1-4-13-8-14(17(5-2)15-13)10-16-7-6-12(9-16)11(3)18/h6-9H,4-5,10H2,1-3H3. The summed E-state index contributed by atoms with van der Waals surface area (Å²) in [6.07, 6.45) is 4.78. The summed E-state index contributed by atoms with van der Waals surface area (Å²) in [6, 6.07) is 3.99. The van der Waals surface area contributed by atoms with Gasteiger partial charge in [-0.05, 0) is 32.4 Å². The van der Waals surface area contributed by atoms with Crippen molar-refractivity contribution in [2.24, 2.45) is 0 Å². The second-order valence-electron chi connectivity index (χ2n) is 4.43. The highest BCUT2D eigenvalue weighted by atomic mass is 16.1. The molecule has 0 aromatic carbocycles. The minimum atomic E-state index is 0.104. The van der Waals surface area contributed by atoms with E-state index in [0.29, 0.717) is 0 Å². The zero-order valence-electron chi connectivity index (χ0n) is 11.2. The van der Waals surface area contributed by atoms with Crippen LogP contribution in [-0.2, 0) is 19.5 Å². The fourth-order valence-electron chi connectivity index (χ4n) is 2.02. The maximum absolute atomic E-state index is 11.3. The molecule has 0 fully saturated rings. The van der Waals surface area contributed by atoms with Crippen molar-refractivity contribution in [2.45, 2.75) is 40.3 Å². The number of rotatable bonds is 5. The topological polar surface area (TPSA) is 39.8 Å². The first-order valence-electron chi connectivity index (χ1n) is 6.36. The van der Waals surface area contributed by atoms with Crippen LogP contribution in [0.15, 0.2) is 24.5 Å². The average molecular weight is 245 g/mol. The fourth-order valence-corrected chi connectivity index (χ4v) is 2.02. The van der Waals surface area contributed by atoms with Gasteiger partial charge in [-0.2, -0.15) is 5.10 Å². The van der Waals surface area contributed by atoms with E-state index >= 15 is 0 Å². The van der Waals surface area contributed by atoms with Crippen LogP contribution in [0.1, 0.15) is 42.5 Å². The van der Waals surface area contributed by atoms with E-state index in [-0.39, 0.29) is 5.78 Å². The van der Waals surface area contributed by atoms with Gasteiger partial charge in [0.2, 0.25) is 0 Å². The summed E-state index contributed by atoms with van der Waals surface area (Å²) in [4.78, 5) is 11.3. The number of hydrogen-bond donors (Lipinski definition) is 0. The van der Waals surface area contributed by atoms with E-state index in [0.717, 1.165) is 30.8 Å². The first-order valence-corrected chi connectivity index (χ1v) is 6.36. The van der Waals surface area contributed by atoms with Crippen molar-refractivity contribution in [3.8, 4) is 0 Å². The highest BCUT2D eigenvalue weighted by molar-refractivity contribution is 5.93. The summed E-state index contributed by atoms with van der Waals surface area (Å²) in [6.45, 7) is 7.41. The zero-order valence-corrected chi connectivity index (χ0v) is 11.2. The molecule has 0 bridgehead atoms. The summed E-state index contributed by atoms with van der Waals surface area (Å²) in [5.41, 5.74) is 3.05. The number of nitrogens with zero attached hydrogens (tertiary/aromatic N) is 3. The number of carbonyl (C=O) groups is 1. The van der Waals surface area contributed by atoms with Gasteiger partial charge in [0.1, 0.15) is 0 Å². The molecule has 0 aliphatic carbocycles. The Hall–Kier alpha value is -1.84. The first kappa shape index (κ1) is 12.6. The molecular formula is C14H19N3O. The van der Waals surface area contributed by atoms with Gasteiger partial charge in [-0.1, -0.05) is 6.92 Å². The van der Waals surface area contributed by atoms with Crippen molar-refractivity contribution >= 4 is 5.78 Å². The number of ketones is 1. The number of carbonyl (C=O) groups excluding carboxylic acids is 1. The Bertz CT molecular complexity index is 551. The average Bonchev–Trinajstić information content (AvgIpc) is 2.96. The number of Topliss-reactive ketones (excluding diaryl/α,β-unsaturated/α-hetero) is 1. The van der Waals surface area contributed by atoms with E-state index in [1.165, 1.54) is 5.69 Å². The van der Waals surface area contributed by atoms with Gasteiger partial charge in [0, 0.05) is 24.5 Å². The van der Waals surface area contributed by atoms with Crippen LogP contribution in [0.3, 0.4) is 0 Å². The van der Waals surface area contributed by atoms with Crippen molar-refractivity contribution in [1.82, 2.24) is 14.3 Å². The predicted octanol–water partition coefficient (Wildman–Crippen LogP) is 2.52. The molecule has 2 aromatic rings. The van der Waals surface area contributed by atoms with Crippen LogP contribution in [0, 0.1) is 0 Å². The molecule has 0 unspecified atom stereocenters. The van der Waals surface area contributed by atoms with E-state index in [1.54, 1.807) is 6.92 Å². The molecule has 2 heterocycles. The summed E-state index contributed by atoms with van der Waals surface area (Å²) >= 11 is 0. The molecule has 4 nitrogen and oxygen atoms in total. The molecule has 4 heteroatoms. The molecule has 2 aromatic heterocycles. The van der Waals surface area contributed by atoms with Crippen molar-refractivity contribution in [3.05, 3.63) is 41.5 Å². The SMILES string of the molecule is CCc1cc(Cn2ccc(C(C)=O)c2)n(CC)n1. The van der Waals surface area contributed by atoms with Crippen molar-refractivity contribution in [3.63, 3.8) is 0 Å². The van der Waals surface area contributed by atoms with Crippen LogP contribution in [0.5, 0.6) is 0 Å². The van der Waals surface area contributed by atoms with Gasteiger partial charge < -0.3 is 4.57 Å². The Labute approximate surface area is 107 Å². The molecule has 0 saturated heterocycles. The van der Waals surface area contributed by atoms with Crippen molar-refractivity contribution in [1.29, 1.82) is 0 Å². The molecule has 2 rings (SSSR count). The number of aromatic nitrogens is 3. The van der Waals surface area contributed by atoms with E-state index < -0.39 is 0 Å². The lowest BCUT2D eigenvalue weighted by atomic mass is 10.2. The molecule has 18 heavy (non-hydrogen) atoms. The second kappa shape index (κ2) is 5.21. The monoisotopic (exact) mass is 245 g/mol. The Morgan fingerprint density at radius 1 is 1.39 bits per heavy atom. The minimum absolute atomic E-state index is 0.104. The molecule has 0 N–H and O–H groups in total. The van der Waals surface area contributed by atoms with Gasteiger partial charge in [0.05, 0.1) is 17.9 Å². The summed E-state index contributed by atoms with van der Waals surface area (Å²) in [7, 11) is 0. The quantitative estimate of drug-likeness (QED) is 0.759. The predicted molar refractivity (Wildman–Crippen MR) is 70.8 cm³/mol. The van der Waals surface area contributed by atoms with Crippen molar-refractivity contribution < 1.29 is 4.79 Å². The fraction of sp³-hybridized carbons (Fsp3) is 0.429. The van der Waals surface area contributed by atoms with Crippen LogP contribution >= 0.6 is 0 Å². The van der Waals surface area contributed by atoms with Crippen LogP contribution in [0.4, 0.5) is 0 Å². The normalized spacial score (nSPS) is 10.8. The smallest absolute Gasteiger partial charge is 0.161 e. The lowest BCUT2D eigenvalue weighted by Gasteiger charge is -2.05. The summed E-state index contributed by atoms with van der Waals surface area (Å²) in [5, 5.41) is 4.52. The Morgan fingerprint density at radius 3 is 2.72 bits per heavy atom. The Morgan fingerprint density at radius 2 is 2.17 bits per heavy atom. The first-order chi connectivity index (χ1) is 8.63. The molecule has 96 valence electrons. The van der Waals surface area contributed by atoms with Crippen LogP contribution in [0.25, 0.3) is 0 Å². The summed E-state index contributed by atoms with van der Waals surface area (Å²) < 4.78 is 4.05. The van der Waals surface area contributed by atoms with Crippen LogP contribution < -0.4 is 0 Å². The lowest BCUT2D eigenvalue weighted by Crippen LogP contribution is -2.06. The van der Waals surface area contributed by atoms with Gasteiger partial charge in [0.15, 0.2) is 5.78 Å². The molecule has 0 radical (unpaired) electrons. The van der Waals surface area contributed by atoms with Gasteiger partial charge in [-0.3, -0.25) is 9.48 Å². The second-order valence-corrected chi connectivity index (χ2v) is 4.43. The third-order valence-corrected chi connectivity index (χ3v) is 3.08. The van der Waals surface area contributed by atoms with Crippen LogP contribution in [0.2, 0.25) is 0 Å². The highest BCUT2D eigenvalue weighted by Crippen LogP contribution is 2.10. The molecule has 0 saturated carbocycles. The molecule has 0 atom stereocenters. The highest BCUT2D eigenvalue weighted by Gasteiger charge is 2.07. The van der Waals surface area contributed by atoms with Gasteiger partial charge in [-0.25, -0.2) is 0 Å². The minimum Gasteiger partial charge on any atom is -0.348 e. The molecule has 0 aliphatic rings. The van der Waals surface area contributed by atoms with Crippen LogP contribution in [-0.4, -0.2) is 20.1 Å². The molecule has 0 amide bonds. The van der Waals surface area contributed by atoms with E-state index in [1.807, 2.05) is 27.7 Å². The van der Waals surface area contributed by atoms with E-state index in [9.17, 15) is 4.79 Å². The molecular weight excluding hydrogens is 226 g/mol. The van der Waals surface area contributed by atoms with E-state index in [2.05, 4.69) is 25.0 Å². The maximum atomic E-state index is 11.3. The Balaban J connectivity index is 2.21. The lowest BCUT2D eigenvalue weighted by molar-refractivity contribution is 0.101. The molecule has 0 spiro atoms. The van der Waals surface area contributed by atoms with Gasteiger partial charge >= 0.3 is 0 Å². The summed E-state index contributed by atoms with van der Waals surface area (Å²) in [5.74, 6) is 0.104. The van der Waals surface area contributed by atoms with Gasteiger partial charge in [0.25, 0.3) is 0 Å². The molecule has 0 aliphatic heterocycles. The van der Waals surface area contributed by atoms with E-state index in [4.69, 9.17) is 0 Å². The number of aryl methyl sites for hydroxylation is 2. The van der Waals surface area contributed by atoms with Crippen molar-refractivity contribution in [2.75, 3.05) is 0 Å².